The molecule has 4 aromatic rings. The summed E-state index contributed by atoms with van der Waals surface area (Å²) in [5, 5.41) is 15.6. The monoisotopic (exact) mass is 604 g/mol. The summed E-state index contributed by atoms with van der Waals surface area (Å²) >= 11 is 5.96. The van der Waals surface area contributed by atoms with Crippen LogP contribution in [-0.2, 0) is 18.9 Å². The number of halogens is 2. The molecule has 43 heavy (non-hydrogen) atoms. The fourth-order valence-electron chi connectivity index (χ4n) is 5.99. The molecule has 0 radical (unpaired) electrons. The fourth-order valence-corrected chi connectivity index (χ4v) is 6.14. The standard InChI is InChI=1S/C32H31ClFN5O4/c1-32(24-7-6-22(33)14-25(24)34)42-28-4-2-3-23(30(28)43-32)20-9-11-38(12-10-20)18-29-37-26-8-5-21(31(40)41)13-27(26)39(29)17-19(15-35)16-36/h2-8,13-16,20,35H,9-12,17-18,36H2,1H3,(H,40,41)/p+1/b19-16+,35-15?. The Balaban J connectivity index is 1.20. The molecule has 11 heteroatoms. The van der Waals surface area contributed by atoms with E-state index in [1.807, 2.05) is 16.7 Å². The summed E-state index contributed by atoms with van der Waals surface area (Å²) in [6, 6.07) is 15.2. The number of carbonyl (C=O) groups is 1. The van der Waals surface area contributed by atoms with E-state index < -0.39 is 17.6 Å². The maximum Gasteiger partial charge on any atom is 0.335 e. The van der Waals surface area contributed by atoms with E-state index in [2.05, 4.69) is 11.0 Å². The molecular weight excluding hydrogens is 573 g/mol. The Morgan fingerprint density at radius 2 is 2.00 bits per heavy atom. The van der Waals surface area contributed by atoms with Gasteiger partial charge in [0.25, 0.3) is 5.79 Å². The molecule has 9 nitrogen and oxygen atoms in total. The first-order valence-electron chi connectivity index (χ1n) is 14.1. The predicted molar refractivity (Wildman–Crippen MR) is 161 cm³/mol. The van der Waals surface area contributed by atoms with Gasteiger partial charge >= 0.3 is 5.97 Å². The molecule has 5 N–H and O–H groups in total. The highest BCUT2D eigenvalue weighted by molar-refractivity contribution is 6.30. The topological polar surface area (TPSA) is 128 Å². The molecule has 2 aliphatic heterocycles. The van der Waals surface area contributed by atoms with E-state index in [0.717, 1.165) is 37.3 Å². The van der Waals surface area contributed by atoms with Crippen molar-refractivity contribution in [3.63, 3.8) is 0 Å². The van der Waals surface area contributed by atoms with Crippen molar-refractivity contribution >= 4 is 34.8 Å². The number of carboxylic acids is 1. The van der Waals surface area contributed by atoms with Crippen molar-refractivity contribution in [3.05, 3.63) is 99.7 Å². The molecule has 222 valence electrons. The van der Waals surface area contributed by atoms with Gasteiger partial charge in [-0.15, -0.1) is 0 Å². The zero-order chi connectivity index (χ0) is 30.3. The van der Waals surface area contributed by atoms with E-state index in [-0.39, 0.29) is 17.0 Å². The number of benzene rings is 3. The van der Waals surface area contributed by atoms with Gasteiger partial charge in [-0.1, -0.05) is 23.7 Å². The third kappa shape index (κ3) is 5.44. The molecule has 6 rings (SSSR count). The molecule has 3 heterocycles. The van der Waals surface area contributed by atoms with E-state index in [4.69, 9.17) is 37.2 Å². The Bertz CT molecular complexity index is 1760. The number of allylic oxidation sites excluding steroid dienone is 1. The maximum atomic E-state index is 14.8. The third-order valence-corrected chi connectivity index (χ3v) is 8.50. The molecule has 1 atom stereocenters. The average molecular weight is 605 g/mol. The van der Waals surface area contributed by atoms with Gasteiger partial charge in [0, 0.05) is 23.7 Å². The summed E-state index contributed by atoms with van der Waals surface area (Å²) in [7, 11) is 0. The van der Waals surface area contributed by atoms with Crippen LogP contribution >= 0.6 is 11.6 Å². The molecule has 1 saturated heterocycles. The summed E-state index contributed by atoms with van der Waals surface area (Å²) in [6.45, 7) is 4.28. The summed E-state index contributed by atoms with van der Waals surface area (Å²) in [5.74, 6) is -0.525. The number of rotatable bonds is 8. The molecule has 1 aromatic heterocycles. The summed E-state index contributed by atoms with van der Waals surface area (Å²) < 4.78 is 29.3. The lowest BCUT2D eigenvalue weighted by Gasteiger charge is -2.32. The van der Waals surface area contributed by atoms with Crippen LogP contribution in [-0.4, -0.2) is 44.8 Å². The van der Waals surface area contributed by atoms with Crippen LogP contribution in [0.15, 0.2) is 66.4 Å². The number of ether oxygens (including phenoxy) is 2. The van der Waals surface area contributed by atoms with Crippen LogP contribution in [0.2, 0.25) is 5.02 Å². The molecule has 0 aliphatic carbocycles. The van der Waals surface area contributed by atoms with Crippen LogP contribution in [0.4, 0.5) is 4.39 Å². The molecule has 0 bridgehead atoms. The fraction of sp³-hybridized carbons (Fsp3) is 0.281. The van der Waals surface area contributed by atoms with Gasteiger partial charge in [0.2, 0.25) is 0 Å². The first kappa shape index (κ1) is 28.7. The molecule has 0 amide bonds. The number of hydrogen-bond acceptors (Lipinski definition) is 6. The van der Waals surface area contributed by atoms with E-state index in [1.165, 1.54) is 18.5 Å². The van der Waals surface area contributed by atoms with Gasteiger partial charge in [-0.25, -0.2) is 14.2 Å². The SMILES string of the molecule is CC1(c2ccc(Cl)cc2F)Oc2cccc(C3CCN(Cc4nc5ccc(C(=O)O)cc5n4C/C(C=[NH2+])=C/N)CC3)c2O1. The van der Waals surface area contributed by atoms with Crippen LogP contribution in [0.25, 0.3) is 11.0 Å². The molecular formula is C32H32ClFN5O4+. The van der Waals surface area contributed by atoms with Crippen LogP contribution in [0.1, 0.15) is 53.0 Å². The Labute approximate surface area is 252 Å². The minimum absolute atomic E-state index is 0.188. The second-order valence-electron chi connectivity index (χ2n) is 11.0. The number of piperidine rings is 1. The number of imidazole rings is 1. The lowest BCUT2D eigenvalue weighted by atomic mass is 9.88. The molecule has 0 saturated carbocycles. The lowest BCUT2D eigenvalue weighted by Crippen LogP contribution is -2.34. The third-order valence-electron chi connectivity index (χ3n) is 8.27. The van der Waals surface area contributed by atoms with Crippen LogP contribution in [0, 0.1) is 5.82 Å². The van der Waals surface area contributed by atoms with E-state index >= 15 is 0 Å². The zero-order valence-electron chi connectivity index (χ0n) is 23.6. The number of fused-ring (bicyclic) bond motifs is 2. The van der Waals surface area contributed by atoms with Gasteiger partial charge in [0.1, 0.15) is 11.6 Å². The number of nitrogens with zero attached hydrogens (tertiary/aromatic N) is 3. The Morgan fingerprint density at radius 3 is 2.70 bits per heavy atom. The van der Waals surface area contributed by atoms with Crippen LogP contribution in [0.5, 0.6) is 11.5 Å². The first-order chi connectivity index (χ1) is 20.7. The zero-order valence-corrected chi connectivity index (χ0v) is 24.4. The van der Waals surface area contributed by atoms with Crippen molar-refractivity contribution in [2.45, 2.75) is 44.6 Å². The normalized spacial score (nSPS) is 19.2. The second kappa shape index (κ2) is 11.3. The highest BCUT2D eigenvalue weighted by atomic mass is 35.5. The van der Waals surface area contributed by atoms with Gasteiger partial charge in [-0.2, -0.15) is 0 Å². The number of para-hydroxylation sites is 1. The Hall–Kier alpha value is -4.41. The number of likely N-dealkylation sites (tertiary alicyclic amines) is 1. The molecule has 0 spiro atoms. The van der Waals surface area contributed by atoms with Crippen molar-refractivity contribution in [2.75, 3.05) is 13.1 Å². The van der Waals surface area contributed by atoms with Gasteiger partial charge in [-0.05, 0) is 74.3 Å². The highest BCUT2D eigenvalue weighted by Gasteiger charge is 2.43. The number of nitrogens with two attached hydrogens (primary N) is 2. The quantitative estimate of drug-likeness (QED) is 0.257. The summed E-state index contributed by atoms with van der Waals surface area (Å²) in [6.07, 6.45) is 4.64. The van der Waals surface area contributed by atoms with E-state index in [9.17, 15) is 14.3 Å². The molecule has 1 unspecified atom stereocenters. The molecule has 2 aliphatic rings. The Morgan fingerprint density at radius 1 is 1.21 bits per heavy atom. The van der Waals surface area contributed by atoms with Gasteiger partial charge in [-0.3, -0.25) is 10.3 Å². The lowest BCUT2D eigenvalue weighted by molar-refractivity contribution is -0.105. The smallest absolute Gasteiger partial charge is 0.335 e. The van der Waals surface area contributed by atoms with Crippen molar-refractivity contribution < 1.29 is 29.2 Å². The van der Waals surface area contributed by atoms with Crippen LogP contribution in [0.3, 0.4) is 0 Å². The minimum Gasteiger partial charge on any atom is -0.478 e. The second-order valence-corrected chi connectivity index (χ2v) is 11.5. The van der Waals surface area contributed by atoms with Crippen molar-refractivity contribution in [1.29, 1.82) is 0 Å². The largest absolute Gasteiger partial charge is 0.478 e. The van der Waals surface area contributed by atoms with E-state index in [1.54, 1.807) is 37.3 Å². The highest BCUT2D eigenvalue weighted by Crippen LogP contribution is 2.49. The minimum atomic E-state index is -1.30. The number of carboxylic acid groups (broad SMARTS) is 1. The molecule has 3 aromatic carbocycles. The number of hydrogen-bond donors (Lipinski definition) is 3. The molecule has 1 fully saturated rings. The Kier molecular flexibility index (Phi) is 7.57. The number of aromatic carboxylic acids is 1. The predicted octanol–water partition coefficient (Wildman–Crippen LogP) is 4.22. The summed E-state index contributed by atoms with van der Waals surface area (Å²) in [5.41, 5.74) is 9.41. The average Bonchev–Trinajstić information content (AvgIpc) is 3.52. The van der Waals surface area contributed by atoms with Gasteiger partial charge in [0.05, 0.1) is 40.8 Å². The van der Waals surface area contributed by atoms with Gasteiger partial charge in [0.15, 0.2) is 17.7 Å². The summed E-state index contributed by atoms with van der Waals surface area (Å²) in [4.78, 5) is 18.8. The van der Waals surface area contributed by atoms with Crippen molar-refractivity contribution in [1.82, 2.24) is 14.5 Å². The van der Waals surface area contributed by atoms with Crippen molar-refractivity contribution in [3.8, 4) is 11.5 Å². The van der Waals surface area contributed by atoms with E-state index in [0.29, 0.717) is 46.2 Å². The first-order valence-corrected chi connectivity index (χ1v) is 14.4. The maximum absolute atomic E-state index is 14.8. The van der Waals surface area contributed by atoms with Crippen molar-refractivity contribution in [2.24, 2.45) is 5.73 Å². The van der Waals surface area contributed by atoms with Gasteiger partial charge < -0.3 is 24.9 Å². The number of aromatic nitrogens is 2. The van der Waals surface area contributed by atoms with Crippen LogP contribution < -0.4 is 20.6 Å².